The van der Waals surface area contributed by atoms with Crippen molar-refractivity contribution in [2.24, 2.45) is 17.8 Å². The standard InChI is InChI=1S/C22H23O2/c1-2-24-21(23)14-16-13-19(16)20-15-22(20,17-9-5-3-6-10-17)18-11-7-4-8-12-18/h3-12,14,16,19-20H,2,13,15H2,1H3/t16-,19+,20-/m0/s1. The summed E-state index contributed by atoms with van der Waals surface area (Å²) >= 11 is 0. The molecular weight excluding hydrogens is 296 g/mol. The monoisotopic (exact) mass is 319 g/mol. The van der Waals surface area contributed by atoms with Crippen LogP contribution in [0, 0.1) is 17.8 Å². The largest absolute Gasteiger partial charge is 0.463 e. The van der Waals surface area contributed by atoms with Gasteiger partial charge in [-0.05, 0) is 48.6 Å². The molecule has 3 atom stereocenters. The van der Waals surface area contributed by atoms with Crippen molar-refractivity contribution in [2.75, 3.05) is 6.61 Å². The van der Waals surface area contributed by atoms with E-state index in [2.05, 4.69) is 60.7 Å². The second-order valence-corrected chi connectivity index (χ2v) is 7.00. The minimum absolute atomic E-state index is 0.129. The summed E-state index contributed by atoms with van der Waals surface area (Å²) in [7, 11) is 0. The van der Waals surface area contributed by atoms with E-state index in [0.717, 1.165) is 6.42 Å². The van der Waals surface area contributed by atoms with Crippen LogP contribution in [0.1, 0.15) is 30.9 Å². The van der Waals surface area contributed by atoms with Crippen molar-refractivity contribution in [1.82, 2.24) is 0 Å². The first-order chi connectivity index (χ1) is 11.8. The van der Waals surface area contributed by atoms with Crippen LogP contribution in [0.25, 0.3) is 0 Å². The molecule has 2 saturated carbocycles. The molecule has 0 spiro atoms. The van der Waals surface area contributed by atoms with Gasteiger partial charge in [0.05, 0.1) is 6.61 Å². The van der Waals surface area contributed by atoms with Gasteiger partial charge in [-0.3, -0.25) is 0 Å². The van der Waals surface area contributed by atoms with E-state index in [9.17, 15) is 5.11 Å². The lowest BCUT2D eigenvalue weighted by atomic mass is 9.84. The van der Waals surface area contributed by atoms with Crippen LogP contribution in [-0.2, 0) is 15.3 Å². The molecule has 0 amide bonds. The summed E-state index contributed by atoms with van der Waals surface area (Å²) in [4.78, 5) is 0. The van der Waals surface area contributed by atoms with Crippen LogP contribution < -0.4 is 0 Å². The van der Waals surface area contributed by atoms with Crippen LogP contribution in [0.4, 0.5) is 0 Å². The zero-order valence-electron chi connectivity index (χ0n) is 14.0. The Hall–Kier alpha value is -2.22. The summed E-state index contributed by atoms with van der Waals surface area (Å²) in [5.41, 5.74) is 2.94. The van der Waals surface area contributed by atoms with E-state index < -0.39 is 0 Å². The second-order valence-electron chi connectivity index (χ2n) is 7.00. The lowest BCUT2D eigenvalue weighted by molar-refractivity contribution is 0.0581. The highest BCUT2D eigenvalue weighted by molar-refractivity contribution is 5.48. The van der Waals surface area contributed by atoms with E-state index in [1.165, 1.54) is 17.5 Å². The van der Waals surface area contributed by atoms with Gasteiger partial charge in [0, 0.05) is 11.5 Å². The Morgan fingerprint density at radius 3 is 2.21 bits per heavy atom. The lowest BCUT2D eigenvalue weighted by Crippen LogP contribution is -2.13. The Labute approximate surface area is 143 Å². The topological polar surface area (TPSA) is 29.1 Å². The molecule has 0 unspecified atom stereocenters. The van der Waals surface area contributed by atoms with Gasteiger partial charge >= 0.3 is 5.95 Å². The highest BCUT2D eigenvalue weighted by Crippen LogP contribution is 2.68. The third-order valence-corrected chi connectivity index (χ3v) is 5.64. The summed E-state index contributed by atoms with van der Waals surface area (Å²) in [5.74, 6) is 1.46. The molecular formula is C22H23O2. The summed E-state index contributed by atoms with van der Waals surface area (Å²) in [6.45, 7) is 2.31. The predicted molar refractivity (Wildman–Crippen MR) is 93.8 cm³/mol. The molecule has 0 saturated heterocycles. The van der Waals surface area contributed by atoms with Crippen molar-refractivity contribution in [3.63, 3.8) is 0 Å². The fraction of sp³-hybridized carbons (Fsp3) is 0.364. The molecule has 2 heteroatoms. The van der Waals surface area contributed by atoms with E-state index in [1.54, 1.807) is 6.08 Å². The van der Waals surface area contributed by atoms with Gasteiger partial charge < -0.3 is 4.74 Å². The molecule has 123 valence electrons. The Kier molecular flexibility index (Phi) is 3.84. The van der Waals surface area contributed by atoms with Crippen LogP contribution in [0.3, 0.4) is 0 Å². The molecule has 1 radical (unpaired) electrons. The number of ether oxygens (including phenoxy) is 1. The van der Waals surface area contributed by atoms with E-state index in [-0.39, 0.29) is 11.4 Å². The zero-order valence-corrected chi connectivity index (χ0v) is 14.0. The molecule has 2 aromatic rings. The van der Waals surface area contributed by atoms with E-state index in [4.69, 9.17) is 4.74 Å². The molecule has 2 aromatic carbocycles. The first kappa shape index (κ1) is 15.3. The van der Waals surface area contributed by atoms with Gasteiger partial charge in [-0.25, -0.2) is 5.11 Å². The van der Waals surface area contributed by atoms with E-state index >= 15 is 0 Å². The smallest absolute Gasteiger partial charge is 0.326 e. The molecule has 4 rings (SSSR count). The predicted octanol–water partition coefficient (Wildman–Crippen LogP) is 4.94. The lowest BCUT2D eigenvalue weighted by Gasteiger charge is -2.19. The molecule has 0 aliphatic heterocycles. The maximum absolute atomic E-state index is 11.7. The van der Waals surface area contributed by atoms with Crippen LogP contribution in [0.15, 0.2) is 72.7 Å². The SMILES string of the molecule is CCOC([O])=C[C@@H]1C[C@H]1[C@@H]1CC1(c1ccccc1)c1ccccc1. The van der Waals surface area contributed by atoms with Gasteiger partial charge in [0.2, 0.25) is 0 Å². The van der Waals surface area contributed by atoms with Crippen molar-refractivity contribution in [2.45, 2.75) is 25.2 Å². The first-order valence-electron chi connectivity index (χ1n) is 8.88. The zero-order chi connectivity index (χ0) is 16.6. The minimum atomic E-state index is -0.157. The Morgan fingerprint density at radius 2 is 1.67 bits per heavy atom. The Balaban J connectivity index is 1.59. The van der Waals surface area contributed by atoms with Gasteiger partial charge in [0.1, 0.15) is 0 Å². The average Bonchev–Trinajstić information content (AvgIpc) is 3.51. The van der Waals surface area contributed by atoms with Gasteiger partial charge in [-0.2, -0.15) is 0 Å². The fourth-order valence-electron chi connectivity index (χ4n) is 4.36. The average molecular weight is 319 g/mol. The third-order valence-electron chi connectivity index (χ3n) is 5.64. The third kappa shape index (κ3) is 2.60. The summed E-state index contributed by atoms with van der Waals surface area (Å²) < 4.78 is 5.07. The Morgan fingerprint density at radius 1 is 1.08 bits per heavy atom. The summed E-state index contributed by atoms with van der Waals surface area (Å²) in [6.07, 6.45) is 4.09. The van der Waals surface area contributed by atoms with Crippen molar-refractivity contribution in [1.29, 1.82) is 0 Å². The summed E-state index contributed by atoms with van der Waals surface area (Å²) in [6, 6.07) is 21.7. The number of hydrogen-bond acceptors (Lipinski definition) is 1. The molecule has 0 aromatic heterocycles. The van der Waals surface area contributed by atoms with Crippen LogP contribution in [0.2, 0.25) is 0 Å². The number of allylic oxidation sites excluding steroid dienone is 1. The van der Waals surface area contributed by atoms with Gasteiger partial charge in [-0.1, -0.05) is 60.7 Å². The number of hydrogen-bond donors (Lipinski definition) is 0. The van der Waals surface area contributed by atoms with Crippen LogP contribution >= 0.6 is 0 Å². The van der Waals surface area contributed by atoms with E-state index in [1.807, 2.05) is 6.92 Å². The first-order valence-corrected chi connectivity index (χ1v) is 8.88. The second kappa shape index (κ2) is 6.01. The van der Waals surface area contributed by atoms with Gasteiger partial charge in [0.15, 0.2) is 0 Å². The maximum Gasteiger partial charge on any atom is 0.326 e. The highest BCUT2D eigenvalue weighted by Gasteiger charge is 2.64. The quantitative estimate of drug-likeness (QED) is 0.694. The minimum Gasteiger partial charge on any atom is -0.463 e. The Bertz CT molecular complexity index is 681. The van der Waals surface area contributed by atoms with Crippen LogP contribution in [0.5, 0.6) is 0 Å². The molecule has 24 heavy (non-hydrogen) atoms. The fourth-order valence-corrected chi connectivity index (χ4v) is 4.36. The number of rotatable bonds is 6. The molecule has 2 aliphatic carbocycles. The normalized spacial score (nSPS) is 27.5. The van der Waals surface area contributed by atoms with E-state index in [0.29, 0.717) is 24.4 Å². The molecule has 2 aliphatic rings. The molecule has 0 N–H and O–H groups in total. The molecule has 0 heterocycles. The highest BCUT2D eigenvalue weighted by atomic mass is 16.6. The summed E-state index contributed by atoms with van der Waals surface area (Å²) in [5, 5.41) is 11.7. The molecule has 2 fully saturated rings. The van der Waals surface area contributed by atoms with Gasteiger partial charge in [0.25, 0.3) is 0 Å². The van der Waals surface area contributed by atoms with Crippen molar-refractivity contribution >= 4 is 0 Å². The van der Waals surface area contributed by atoms with Crippen LogP contribution in [-0.4, -0.2) is 6.61 Å². The van der Waals surface area contributed by atoms with Crippen molar-refractivity contribution < 1.29 is 9.84 Å². The van der Waals surface area contributed by atoms with Crippen molar-refractivity contribution in [3.05, 3.63) is 83.8 Å². The van der Waals surface area contributed by atoms with Crippen molar-refractivity contribution in [3.8, 4) is 0 Å². The molecule has 0 bridgehead atoms. The number of benzene rings is 2. The molecule has 2 nitrogen and oxygen atoms in total. The maximum atomic E-state index is 11.7. The van der Waals surface area contributed by atoms with Gasteiger partial charge in [-0.15, -0.1) is 0 Å².